The van der Waals surface area contributed by atoms with Gasteiger partial charge in [0.2, 0.25) is 11.5 Å². The van der Waals surface area contributed by atoms with E-state index in [-0.39, 0.29) is 24.1 Å². The van der Waals surface area contributed by atoms with Gasteiger partial charge in [-0.1, -0.05) is 97.1 Å². The Kier molecular flexibility index (Phi) is 13.0. The molecule has 6 aromatic rings. The second-order valence-corrected chi connectivity index (χ2v) is 14.2. The van der Waals surface area contributed by atoms with Crippen LogP contribution >= 0.6 is 0 Å². The van der Waals surface area contributed by atoms with Crippen LogP contribution in [0.1, 0.15) is 42.1 Å². The molecule has 0 bridgehead atoms. The Balaban J connectivity index is 0.813. The Morgan fingerprint density at radius 2 is 1.51 bits per heavy atom. The third kappa shape index (κ3) is 10.7. The van der Waals surface area contributed by atoms with Gasteiger partial charge in [0.25, 0.3) is 0 Å². The van der Waals surface area contributed by atoms with Gasteiger partial charge in [0.05, 0.1) is 17.3 Å². The van der Waals surface area contributed by atoms with Crippen molar-refractivity contribution in [3.63, 3.8) is 0 Å². The summed E-state index contributed by atoms with van der Waals surface area (Å²) in [5, 5.41) is 21.0. The molecule has 2 heterocycles. The molecule has 1 atom stereocenters. The average molecular weight is 766 g/mol. The molecule has 292 valence electrons. The van der Waals surface area contributed by atoms with Gasteiger partial charge in [-0.3, -0.25) is 14.9 Å². The molecule has 0 unspecified atom stereocenters. The van der Waals surface area contributed by atoms with Gasteiger partial charge in [-0.15, -0.1) is 0 Å². The van der Waals surface area contributed by atoms with Crippen LogP contribution in [0.3, 0.4) is 0 Å². The number of ether oxygens (including phenoxy) is 2. The Morgan fingerprint density at radius 1 is 0.789 bits per heavy atom. The molecule has 1 fully saturated rings. The number of para-hydroxylation sites is 1. The smallest absolute Gasteiger partial charge is 0.411 e. The average Bonchev–Trinajstić information content (AvgIpc) is 3.24. The van der Waals surface area contributed by atoms with E-state index in [1.54, 1.807) is 12.1 Å². The lowest BCUT2D eigenvalue weighted by atomic mass is 10.0. The van der Waals surface area contributed by atoms with Crippen LogP contribution in [0.4, 0.5) is 16.2 Å². The number of aliphatic hydroxyl groups excluding tert-OH is 1. The Hall–Kier alpha value is -6.27. The van der Waals surface area contributed by atoms with Gasteiger partial charge in [-0.2, -0.15) is 0 Å². The minimum atomic E-state index is -0.828. The number of anilines is 2. The topological polar surface area (TPSA) is 145 Å². The van der Waals surface area contributed by atoms with E-state index in [0.717, 1.165) is 40.7 Å². The molecular weight excluding hydrogens is 719 g/mol. The number of pyridine rings is 1. The maximum atomic E-state index is 12.8. The number of rotatable bonds is 15. The molecule has 1 aromatic heterocycles. The number of nitrogens with one attached hydrogen (secondary N) is 4. The zero-order valence-corrected chi connectivity index (χ0v) is 31.7. The Morgan fingerprint density at radius 3 is 2.28 bits per heavy atom. The van der Waals surface area contributed by atoms with Crippen molar-refractivity contribution < 1.29 is 24.2 Å². The predicted octanol–water partition coefficient (Wildman–Crippen LogP) is 7.64. The molecular formula is C46H47N5O6. The Labute approximate surface area is 331 Å². The number of benzene rings is 5. The van der Waals surface area contributed by atoms with E-state index in [2.05, 4.69) is 25.8 Å². The highest BCUT2D eigenvalue weighted by Gasteiger charge is 2.23. The molecule has 1 aliphatic heterocycles. The molecule has 7 rings (SSSR count). The number of hydrogen-bond acceptors (Lipinski definition) is 8. The summed E-state index contributed by atoms with van der Waals surface area (Å²) in [5.41, 5.74) is 6.36. The van der Waals surface area contributed by atoms with Crippen LogP contribution in [0.5, 0.6) is 5.75 Å². The van der Waals surface area contributed by atoms with Gasteiger partial charge in [0.1, 0.15) is 18.5 Å². The summed E-state index contributed by atoms with van der Waals surface area (Å²) in [6.45, 7) is 3.26. The number of fused-ring (bicyclic) bond motifs is 1. The molecule has 5 aromatic carbocycles. The van der Waals surface area contributed by atoms with Crippen LogP contribution in [0.25, 0.3) is 22.0 Å². The highest BCUT2D eigenvalue weighted by Crippen LogP contribution is 2.31. The molecule has 1 saturated heterocycles. The maximum absolute atomic E-state index is 12.8. The third-order valence-electron chi connectivity index (χ3n) is 10.1. The summed E-state index contributed by atoms with van der Waals surface area (Å²) in [6.07, 6.45) is 0.290. The standard InChI is InChI=1S/C46H47N5O6/c52-41(38-19-21-42(45-39(38)20-22-43(53)50-45)56-31-33-9-3-1-4-10-33)30-47-29-32-15-17-35(18-16-32)48-44(54)25-28-51-26-23-36(24-27-51)57-46(55)49-40-14-8-7-13-37(40)34-11-5-2-6-12-34/h1-22,36,41,47,52H,23-31H2,(H,48,54)(H,49,55)(H,50,53)/t41-/m1/s1. The second kappa shape index (κ2) is 19.1. The highest BCUT2D eigenvalue weighted by molar-refractivity contribution is 5.92. The van der Waals surface area contributed by atoms with Gasteiger partial charge >= 0.3 is 6.09 Å². The highest BCUT2D eigenvalue weighted by atomic mass is 16.6. The first-order valence-corrected chi connectivity index (χ1v) is 19.3. The minimum absolute atomic E-state index is 0.0658. The number of amides is 2. The monoisotopic (exact) mass is 765 g/mol. The number of carbonyl (C=O) groups is 2. The van der Waals surface area contributed by atoms with E-state index in [1.165, 1.54) is 6.07 Å². The zero-order valence-electron chi connectivity index (χ0n) is 31.7. The first-order valence-electron chi connectivity index (χ1n) is 19.3. The number of aromatic amines is 1. The summed E-state index contributed by atoms with van der Waals surface area (Å²) in [5.74, 6) is 0.474. The fraction of sp³-hybridized carbons (Fsp3) is 0.239. The second-order valence-electron chi connectivity index (χ2n) is 14.2. The molecule has 1 aliphatic rings. The molecule has 57 heavy (non-hydrogen) atoms. The summed E-state index contributed by atoms with van der Waals surface area (Å²) < 4.78 is 11.8. The number of nitrogens with zero attached hydrogens (tertiary/aromatic N) is 1. The first kappa shape index (κ1) is 39.0. The fourth-order valence-electron chi connectivity index (χ4n) is 7.05. The summed E-state index contributed by atoms with van der Waals surface area (Å²) in [7, 11) is 0. The molecule has 0 aliphatic carbocycles. The van der Waals surface area contributed by atoms with Gasteiger partial charge in [-0.05, 0) is 65.4 Å². The zero-order chi connectivity index (χ0) is 39.4. The SMILES string of the molecule is O=C(CCN1CCC(OC(=O)Nc2ccccc2-c2ccccc2)CC1)Nc1ccc(CNC[C@@H](O)c2ccc(OCc3ccccc3)c3[nH]c(=O)ccc23)cc1. The van der Waals surface area contributed by atoms with Crippen molar-refractivity contribution in [1.29, 1.82) is 0 Å². The fourth-order valence-corrected chi connectivity index (χ4v) is 7.05. The van der Waals surface area contributed by atoms with Crippen LogP contribution in [0.2, 0.25) is 0 Å². The van der Waals surface area contributed by atoms with Crippen molar-refractivity contribution in [1.82, 2.24) is 15.2 Å². The molecule has 0 saturated carbocycles. The lowest BCUT2D eigenvalue weighted by molar-refractivity contribution is -0.116. The lowest BCUT2D eigenvalue weighted by Gasteiger charge is -2.31. The van der Waals surface area contributed by atoms with Crippen molar-refractivity contribution in [2.24, 2.45) is 0 Å². The molecule has 5 N–H and O–H groups in total. The van der Waals surface area contributed by atoms with Crippen molar-refractivity contribution in [2.75, 3.05) is 36.8 Å². The van der Waals surface area contributed by atoms with E-state index in [0.29, 0.717) is 67.2 Å². The minimum Gasteiger partial charge on any atom is -0.487 e. The van der Waals surface area contributed by atoms with Crippen molar-refractivity contribution in [3.05, 3.63) is 161 Å². The summed E-state index contributed by atoms with van der Waals surface area (Å²) in [4.78, 5) is 42.8. The normalized spacial score (nSPS) is 13.8. The number of hydrogen-bond donors (Lipinski definition) is 5. The van der Waals surface area contributed by atoms with Crippen LogP contribution in [0, 0.1) is 0 Å². The predicted molar refractivity (Wildman–Crippen MR) is 223 cm³/mol. The maximum Gasteiger partial charge on any atom is 0.411 e. The van der Waals surface area contributed by atoms with Gasteiger partial charge in [0, 0.05) is 61.8 Å². The molecule has 0 spiro atoms. The third-order valence-corrected chi connectivity index (χ3v) is 10.1. The van der Waals surface area contributed by atoms with Crippen LogP contribution in [-0.4, -0.2) is 59.3 Å². The van der Waals surface area contributed by atoms with Gasteiger partial charge in [0.15, 0.2) is 0 Å². The Bertz CT molecular complexity index is 2310. The molecule has 0 radical (unpaired) electrons. The van der Waals surface area contributed by atoms with Crippen LogP contribution in [0.15, 0.2) is 138 Å². The van der Waals surface area contributed by atoms with Crippen LogP contribution in [-0.2, 0) is 22.7 Å². The van der Waals surface area contributed by atoms with E-state index in [9.17, 15) is 19.5 Å². The number of H-pyrrole nitrogens is 1. The van der Waals surface area contributed by atoms with Gasteiger partial charge < -0.3 is 35.1 Å². The van der Waals surface area contributed by atoms with Gasteiger partial charge in [-0.25, -0.2) is 4.79 Å². The van der Waals surface area contributed by atoms with Crippen molar-refractivity contribution >= 4 is 34.3 Å². The number of aliphatic hydroxyl groups is 1. The van der Waals surface area contributed by atoms with Crippen molar-refractivity contribution in [3.8, 4) is 16.9 Å². The molecule has 2 amide bonds. The van der Waals surface area contributed by atoms with Crippen LogP contribution < -0.4 is 26.2 Å². The number of aromatic nitrogens is 1. The number of likely N-dealkylation sites (tertiary alicyclic amines) is 1. The first-order chi connectivity index (χ1) is 27.9. The summed E-state index contributed by atoms with van der Waals surface area (Å²) in [6, 6.07) is 41.8. The largest absolute Gasteiger partial charge is 0.487 e. The number of piperidine rings is 1. The molecule has 11 heteroatoms. The van der Waals surface area contributed by atoms with E-state index in [1.807, 2.05) is 115 Å². The number of carbonyl (C=O) groups excluding carboxylic acids is 2. The quantitative estimate of drug-likeness (QED) is 0.0718. The summed E-state index contributed by atoms with van der Waals surface area (Å²) >= 11 is 0. The lowest BCUT2D eigenvalue weighted by Crippen LogP contribution is -2.39. The van der Waals surface area contributed by atoms with Crippen molar-refractivity contribution in [2.45, 2.75) is 44.6 Å². The molecule has 11 nitrogen and oxygen atoms in total. The van der Waals surface area contributed by atoms with E-state index >= 15 is 0 Å². The van der Waals surface area contributed by atoms with E-state index < -0.39 is 12.2 Å². The van der Waals surface area contributed by atoms with E-state index in [4.69, 9.17) is 9.47 Å².